The Bertz CT molecular complexity index is 764. The summed E-state index contributed by atoms with van der Waals surface area (Å²) in [6, 6.07) is 1.31. The number of aromatic carboxylic acids is 1. The van der Waals surface area contributed by atoms with Gasteiger partial charge in [0, 0.05) is 0 Å². The van der Waals surface area contributed by atoms with Gasteiger partial charge >= 0.3 is 12.0 Å². The highest BCUT2D eigenvalue weighted by Gasteiger charge is 2.23. The molecule has 0 radical (unpaired) electrons. The summed E-state index contributed by atoms with van der Waals surface area (Å²) in [5, 5.41) is 15.0. The number of carboxylic acid groups (broad SMARTS) is 1. The van der Waals surface area contributed by atoms with Gasteiger partial charge in [-0.25, -0.2) is 23.0 Å². The zero-order valence-electron chi connectivity index (χ0n) is 11.1. The van der Waals surface area contributed by atoms with Gasteiger partial charge in [-0.05, 0) is 25.5 Å². The normalized spacial score (nSPS) is 11.3. The summed E-state index contributed by atoms with van der Waals surface area (Å²) in [7, 11) is -3.93. The molecule has 0 amide bonds. The number of carbonyl (C=O) groups is 1. The summed E-state index contributed by atoms with van der Waals surface area (Å²) in [4.78, 5) is 14.7. The fraction of sp³-hybridized carbons (Fsp3) is 0.300. The van der Waals surface area contributed by atoms with Gasteiger partial charge in [0.05, 0.1) is 6.61 Å². The van der Waals surface area contributed by atoms with E-state index in [9.17, 15) is 13.2 Å². The summed E-state index contributed by atoms with van der Waals surface area (Å²) < 4.78 is 31.3. The van der Waals surface area contributed by atoms with E-state index in [-0.39, 0.29) is 21.0 Å². The monoisotopic (exact) mass is 332 g/mol. The maximum Gasteiger partial charge on any atom is 0.346 e. The van der Waals surface area contributed by atoms with Crippen molar-refractivity contribution in [3.05, 3.63) is 16.5 Å². The lowest BCUT2D eigenvalue weighted by atomic mass is 10.3. The van der Waals surface area contributed by atoms with E-state index < -0.39 is 16.0 Å². The second-order valence-corrected chi connectivity index (χ2v) is 6.85. The van der Waals surface area contributed by atoms with Gasteiger partial charge in [-0.3, -0.25) is 0 Å². The molecular formula is C10H12N4O5S2. The van der Waals surface area contributed by atoms with Crippen LogP contribution < -0.4 is 9.46 Å². The molecule has 0 aliphatic heterocycles. The molecule has 0 aliphatic carbocycles. The minimum absolute atomic E-state index is 0.0174. The highest BCUT2D eigenvalue weighted by atomic mass is 32.2. The number of ether oxygens (including phenoxy) is 1. The van der Waals surface area contributed by atoms with E-state index in [1.54, 1.807) is 6.92 Å². The van der Waals surface area contributed by atoms with E-state index >= 15 is 0 Å². The molecule has 3 N–H and O–H groups in total. The Morgan fingerprint density at radius 3 is 2.86 bits per heavy atom. The smallest absolute Gasteiger partial charge is 0.346 e. The van der Waals surface area contributed by atoms with Crippen molar-refractivity contribution < 1.29 is 23.1 Å². The average molecular weight is 332 g/mol. The van der Waals surface area contributed by atoms with Gasteiger partial charge in [0.1, 0.15) is 9.09 Å². The van der Waals surface area contributed by atoms with Crippen molar-refractivity contribution in [2.24, 2.45) is 0 Å². The molecule has 0 saturated carbocycles. The Hall–Kier alpha value is -2.14. The highest BCUT2D eigenvalue weighted by Crippen LogP contribution is 2.27. The predicted molar refractivity (Wildman–Crippen MR) is 74.4 cm³/mol. The molecule has 0 saturated heterocycles. The van der Waals surface area contributed by atoms with E-state index in [0.717, 1.165) is 0 Å². The topological polar surface area (TPSA) is 134 Å². The lowest BCUT2D eigenvalue weighted by molar-refractivity contribution is 0.0701. The maximum atomic E-state index is 12.1. The molecule has 0 atom stereocenters. The Kier molecular flexibility index (Phi) is 4.14. The fourth-order valence-electron chi connectivity index (χ4n) is 1.46. The first-order chi connectivity index (χ1) is 9.83. The van der Waals surface area contributed by atoms with E-state index in [4.69, 9.17) is 9.84 Å². The van der Waals surface area contributed by atoms with Crippen LogP contribution in [-0.4, -0.2) is 41.3 Å². The second kappa shape index (κ2) is 5.69. The lowest BCUT2D eigenvalue weighted by Crippen LogP contribution is -2.12. The third-order valence-corrected chi connectivity index (χ3v) is 5.36. The molecule has 21 heavy (non-hydrogen) atoms. The molecular weight excluding hydrogens is 320 g/mol. The molecule has 0 fully saturated rings. The molecule has 2 rings (SSSR count). The van der Waals surface area contributed by atoms with E-state index in [1.807, 2.05) is 0 Å². The summed E-state index contributed by atoms with van der Waals surface area (Å²) >= 11 is 0.668. The molecule has 0 bridgehead atoms. The van der Waals surface area contributed by atoms with E-state index in [1.165, 1.54) is 13.0 Å². The van der Waals surface area contributed by atoms with E-state index in [2.05, 4.69) is 19.9 Å². The number of rotatable bonds is 6. The lowest BCUT2D eigenvalue weighted by Gasteiger charge is -2.01. The first kappa shape index (κ1) is 15.3. The van der Waals surface area contributed by atoms with Crippen LogP contribution in [0.4, 0.5) is 5.95 Å². The number of thiophene rings is 1. The zero-order chi connectivity index (χ0) is 15.6. The van der Waals surface area contributed by atoms with Crippen LogP contribution in [0, 0.1) is 6.92 Å². The van der Waals surface area contributed by atoms with E-state index in [0.29, 0.717) is 23.5 Å². The number of carboxylic acids is 1. The highest BCUT2D eigenvalue weighted by molar-refractivity contribution is 7.94. The number of aromatic nitrogens is 3. The summed E-state index contributed by atoms with van der Waals surface area (Å²) in [5.41, 5.74) is 0.375. The Morgan fingerprint density at radius 1 is 1.57 bits per heavy atom. The van der Waals surface area contributed by atoms with Gasteiger partial charge in [-0.15, -0.1) is 16.4 Å². The summed E-state index contributed by atoms with van der Waals surface area (Å²) in [6.07, 6.45) is 0. The largest absolute Gasteiger partial charge is 0.477 e. The van der Waals surface area contributed by atoms with Gasteiger partial charge in [0.15, 0.2) is 0 Å². The molecule has 0 unspecified atom stereocenters. The number of hydrogen-bond acceptors (Lipinski definition) is 7. The quantitative estimate of drug-likeness (QED) is 0.720. The van der Waals surface area contributed by atoms with Crippen LogP contribution >= 0.6 is 11.3 Å². The molecule has 2 heterocycles. The average Bonchev–Trinajstić information content (AvgIpc) is 2.96. The van der Waals surface area contributed by atoms with Crippen molar-refractivity contribution in [3.63, 3.8) is 0 Å². The minimum atomic E-state index is -3.93. The number of nitrogens with one attached hydrogen (secondary N) is 2. The molecule has 2 aromatic rings. The fourth-order valence-corrected chi connectivity index (χ4v) is 3.80. The molecule has 11 heteroatoms. The minimum Gasteiger partial charge on any atom is -0.477 e. The number of H-pyrrole nitrogens is 1. The van der Waals surface area contributed by atoms with Crippen molar-refractivity contribution in [2.45, 2.75) is 18.1 Å². The van der Waals surface area contributed by atoms with Crippen molar-refractivity contribution in [3.8, 4) is 6.01 Å². The molecule has 9 nitrogen and oxygen atoms in total. The number of hydrogen-bond donors (Lipinski definition) is 3. The Balaban J connectivity index is 2.25. The third kappa shape index (κ3) is 3.31. The number of sulfonamides is 1. The van der Waals surface area contributed by atoms with Crippen LogP contribution in [-0.2, 0) is 10.0 Å². The molecule has 0 spiro atoms. The summed E-state index contributed by atoms with van der Waals surface area (Å²) in [5.74, 6) is -1.28. The second-order valence-electron chi connectivity index (χ2n) is 3.89. The van der Waals surface area contributed by atoms with Crippen LogP contribution in [0.1, 0.15) is 22.2 Å². The molecule has 2 aromatic heterocycles. The number of nitrogens with zero attached hydrogens (tertiary/aromatic N) is 2. The maximum absolute atomic E-state index is 12.1. The van der Waals surface area contributed by atoms with Gasteiger partial charge in [0.2, 0.25) is 5.95 Å². The van der Waals surface area contributed by atoms with Gasteiger partial charge in [0.25, 0.3) is 10.0 Å². The molecule has 0 aromatic carbocycles. The third-order valence-electron chi connectivity index (χ3n) is 2.32. The van der Waals surface area contributed by atoms with Gasteiger partial charge in [-0.1, -0.05) is 0 Å². The van der Waals surface area contributed by atoms with Crippen molar-refractivity contribution in [1.29, 1.82) is 0 Å². The van der Waals surface area contributed by atoms with Crippen molar-refractivity contribution >= 4 is 33.3 Å². The van der Waals surface area contributed by atoms with Crippen LogP contribution in [0.2, 0.25) is 0 Å². The zero-order valence-corrected chi connectivity index (χ0v) is 12.7. The Morgan fingerprint density at radius 2 is 2.29 bits per heavy atom. The van der Waals surface area contributed by atoms with Gasteiger partial charge in [-0.2, -0.15) is 4.98 Å². The van der Waals surface area contributed by atoms with Crippen LogP contribution in [0.3, 0.4) is 0 Å². The predicted octanol–water partition coefficient (Wildman–Crippen LogP) is 1.07. The van der Waals surface area contributed by atoms with Gasteiger partial charge < -0.3 is 9.84 Å². The van der Waals surface area contributed by atoms with Crippen molar-refractivity contribution in [1.82, 2.24) is 15.2 Å². The first-order valence-electron chi connectivity index (χ1n) is 5.75. The molecule has 114 valence electrons. The van der Waals surface area contributed by atoms with Crippen LogP contribution in [0.5, 0.6) is 6.01 Å². The first-order valence-corrected chi connectivity index (χ1v) is 8.05. The number of anilines is 1. The van der Waals surface area contributed by atoms with Crippen LogP contribution in [0.15, 0.2) is 10.3 Å². The standard InChI is InChI=1S/C10H12N4O5S2/c1-3-19-10-11-9(12-13-10)14-21(17,18)6-4-5(2)7(20-6)8(15)16/h4H,3H2,1-2H3,(H,15,16)(H2,11,12,13,14). The number of aromatic amines is 1. The number of aryl methyl sites for hydroxylation is 1. The Labute approximate surface area is 124 Å². The summed E-state index contributed by atoms with van der Waals surface area (Å²) in [6.45, 7) is 3.61. The molecule has 0 aliphatic rings. The van der Waals surface area contributed by atoms with Crippen LogP contribution in [0.25, 0.3) is 0 Å². The van der Waals surface area contributed by atoms with Crippen molar-refractivity contribution in [2.75, 3.05) is 11.3 Å². The SMILES string of the molecule is CCOc1n[nH]c(NS(=O)(=O)c2cc(C)c(C(=O)O)s2)n1.